The van der Waals surface area contributed by atoms with Crippen LogP contribution in [0.3, 0.4) is 0 Å². The van der Waals surface area contributed by atoms with Gasteiger partial charge in [-0.2, -0.15) is 0 Å². The van der Waals surface area contributed by atoms with Gasteiger partial charge < -0.3 is 0 Å². The van der Waals surface area contributed by atoms with Crippen LogP contribution in [0.1, 0.15) is 33.6 Å². The Kier molecular flexibility index (Phi) is 4.69. The van der Waals surface area contributed by atoms with Gasteiger partial charge in [-0.25, -0.2) is 0 Å². The van der Waals surface area contributed by atoms with Gasteiger partial charge in [0.15, 0.2) is 0 Å². The monoisotopic (exact) mass is 330 g/mol. The molecule has 1 unspecified atom stereocenters. The number of hydrogen-bond donors (Lipinski definition) is 0. The third kappa shape index (κ3) is 3.69. The van der Waals surface area contributed by atoms with Crippen LogP contribution in [-0.2, 0) is 10.8 Å². The van der Waals surface area contributed by atoms with Crippen molar-refractivity contribution in [3.05, 3.63) is 30.3 Å². The molecule has 0 N–H and O–H groups in total. The van der Waals surface area contributed by atoms with Crippen molar-refractivity contribution in [2.75, 3.05) is 5.75 Å². The first kappa shape index (κ1) is 14.3. The van der Waals surface area contributed by atoms with Gasteiger partial charge in [-0.1, -0.05) is 0 Å². The zero-order valence-corrected chi connectivity index (χ0v) is 13.9. The van der Waals surface area contributed by atoms with Crippen LogP contribution >= 0.6 is 0 Å². The van der Waals surface area contributed by atoms with Crippen LogP contribution in [0.5, 0.6) is 0 Å². The first-order valence-corrected chi connectivity index (χ1v) is 9.78. The zero-order valence-electron chi connectivity index (χ0n) is 11.4. The Balaban J connectivity index is 2.05. The molecule has 0 radical (unpaired) electrons. The molecule has 100 valence electrons. The minimum absolute atomic E-state index is 0.357. The van der Waals surface area contributed by atoms with E-state index in [0.29, 0.717) is 24.5 Å². The summed E-state index contributed by atoms with van der Waals surface area (Å²) in [5.74, 6) is 1.63. The van der Waals surface area contributed by atoms with E-state index in [1.54, 1.807) is 0 Å². The summed E-state index contributed by atoms with van der Waals surface area (Å²) >= 11 is 0.357. The van der Waals surface area contributed by atoms with Gasteiger partial charge in [-0.05, 0) is 0 Å². The van der Waals surface area contributed by atoms with Gasteiger partial charge in [-0.15, -0.1) is 0 Å². The second-order valence-corrected chi connectivity index (χ2v) is 11.1. The normalized spacial score (nSPS) is 29.2. The summed E-state index contributed by atoms with van der Waals surface area (Å²) in [5, 5.41) is 0. The molecule has 2 rings (SSSR count). The average molecular weight is 329 g/mol. The molecule has 18 heavy (non-hydrogen) atoms. The van der Waals surface area contributed by atoms with Gasteiger partial charge >= 0.3 is 120 Å². The minimum atomic E-state index is -0.606. The van der Waals surface area contributed by atoms with Crippen LogP contribution in [0.15, 0.2) is 30.3 Å². The maximum atomic E-state index is 12.2. The van der Waals surface area contributed by atoms with Crippen LogP contribution in [0.2, 0.25) is 0 Å². The van der Waals surface area contributed by atoms with Gasteiger partial charge in [0.25, 0.3) is 0 Å². The average Bonchev–Trinajstić information content (AvgIpc) is 2.32. The fourth-order valence-corrected chi connectivity index (χ4v) is 7.56. The van der Waals surface area contributed by atoms with E-state index in [1.165, 1.54) is 4.46 Å². The quantitative estimate of drug-likeness (QED) is 0.762. The fraction of sp³-hybridized carbons (Fsp3) is 0.600. The van der Waals surface area contributed by atoms with Crippen LogP contribution in [0.4, 0.5) is 0 Å². The van der Waals surface area contributed by atoms with Crippen molar-refractivity contribution < 1.29 is 4.21 Å². The van der Waals surface area contributed by atoms with Crippen LogP contribution in [0, 0.1) is 11.3 Å². The Hall–Kier alpha value is -0.111. The number of hydrogen-bond acceptors (Lipinski definition) is 1. The van der Waals surface area contributed by atoms with Crippen molar-refractivity contribution in [2.24, 2.45) is 11.3 Å². The second-order valence-electron chi connectivity index (χ2n) is 6.03. The summed E-state index contributed by atoms with van der Waals surface area (Å²) in [6, 6.07) is 10.6. The first-order chi connectivity index (χ1) is 8.47. The Morgan fingerprint density at radius 1 is 1.22 bits per heavy atom. The molecule has 1 aromatic carbocycles. The van der Waals surface area contributed by atoms with E-state index >= 15 is 0 Å². The molecule has 0 spiro atoms. The third-order valence-corrected chi connectivity index (χ3v) is 9.04. The molecule has 1 heterocycles. The molecule has 1 nitrogen and oxygen atoms in total. The predicted octanol–water partition coefficient (Wildman–Crippen LogP) is 2.55. The van der Waals surface area contributed by atoms with E-state index in [9.17, 15) is 4.21 Å². The molecule has 0 aromatic heterocycles. The van der Waals surface area contributed by atoms with E-state index in [1.807, 2.05) is 0 Å². The number of rotatable bonds is 2. The fourth-order valence-electron chi connectivity index (χ4n) is 2.39. The maximum absolute atomic E-state index is 12.2. The molecule has 1 aliphatic rings. The summed E-state index contributed by atoms with van der Waals surface area (Å²) < 4.78 is 14.0. The van der Waals surface area contributed by atoms with Crippen LogP contribution in [0.25, 0.3) is 0 Å². The molecule has 1 saturated heterocycles. The number of benzene rings is 1. The van der Waals surface area contributed by atoms with Crippen molar-refractivity contribution in [3.63, 3.8) is 0 Å². The molecule has 0 amide bonds. The van der Waals surface area contributed by atoms with E-state index in [4.69, 9.17) is 0 Å². The Morgan fingerprint density at radius 3 is 2.50 bits per heavy atom. The Labute approximate surface area is 119 Å². The SMILES string of the molecule is CC(C)(C)[C@@H]1CCS(=O)[C@H]([Se]c2ccccc2)C1. The molecular formula is C15H22OSSe. The molecule has 3 heteroatoms. The molecular weight excluding hydrogens is 307 g/mol. The van der Waals surface area contributed by atoms with Crippen molar-refractivity contribution in [1.82, 2.24) is 0 Å². The van der Waals surface area contributed by atoms with Gasteiger partial charge in [0.1, 0.15) is 0 Å². The molecule has 1 fully saturated rings. The summed E-state index contributed by atoms with van der Waals surface area (Å²) in [5.41, 5.74) is 0.357. The molecule has 1 aliphatic heterocycles. The first-order valence-electron chi connectivity index (χ1n) is 6.55. The van der Waals surface area contributed by atoms with E-state index in [-0.39, 0.29) is 0 Å². The summed E-state index contributed by atoms with van der Waals surface area (Å²) in [4.78, 5) is 0. The summed E-state index contributed by atoms with van der Waals surface area (Å²) in [6.07, 6.45) is 2.28. The summed E-state index contributed by atoms with van der Waals surface area (Å²) in [6.45, 7) is 6.95. The van der Waals surface area contributed by atoms with E-state index < -0.39 is 10.8 Å². The van der Waals surface area contributed by atoms with Gasteiger partial charge in [0, 0.05) is 0 Å². The van der Waals surface area contributed by atoms with E-state index in [0.717, 1.165) is 24.5 Å². The topological polar surface area (TPSA) is 17.1 Å². The van der Waals surface area contributed by atoms with Crippen molar-refractivity contribution in [3.8, 4) is 0 Å². The molecule has 0 bridgehead atoms. The van der Waals surface area contributed by atoms with Crippen molar-refractivity contribution >= 4 is 30.2 Å². The van der Waals surface area contributed by atoms with E-state index in [2.05, 4.69) is 51.1 Å². The third-order valence-electron chi connectivity index (χ3n) is 3.67. The molecule has 3 atom stereocenters. The second kappa shape index (κ2) is 5.90. The molecule has 1 aromatic rings. The van der Waals surface area contributed by atoms with Crippen LogP contribution < -0.4 is 4.46 Å². The summed E-state index contributed by atoms with van der Waals surface area (Å²) in [7, 11) is -0.606. The predicted molar refractivity (Wildman–Crippen MR) is 80.8 cm³/mol. The standard InChI is InChI=1S/C15H22OSSe/c1-15(2,3)12-9-10-17(16)14(11-12)18-13-7-5-4-6-8-13/h4-8,12,14H,9-11H2,1-3H3/t12-,14-,17?/m1/s1. The molecule has 0 aliphatic carbocycles. The van der Waals surface area contributed by atoms with Gasteiger partial charge in [0.2, 0.25) is 0 Å². The van der Waals surface area contributed by atoms with Crippen LogP contribution in [-0.4, -0.2) is 29.1 Å². The van der Waals surface area contributed by atoms with Crippen molar-refractivity contribution in [2.45, 2.75) is 37.8 Å². The Morgan fingerprint density at radius 2 is 1.89 bits per heavy atom. The van der Waals surface area contributed by atoms with Gasteiger partial charge in [0.05, 0.1) is 0 Å². The van der Waals surface area contributed by atoms with Crippen molar-refractivity contribution in [1.29, 1.82) is 0 Å². The molecule has 0 saturated carbocycles. The zero-order chi connectivity index (χ0) is 13.2. The van der Waals surface area contributed by atoms with Gasteiger partial charge in [-0.3, -0.25) is 0 Å². The Bertz CT molecular complexity index is 410.